The minimum Gasteiger partial charge on any atom is -0.383 e. The van der Waals surface area contributed by atoms with Gasteiger partial charge in [-0.1, -0.05) is 121 Å². The lowest BCUT2D eigenvalue weighted by Gasteiger charge is -2.48. The number of halogens is 1. The third-order valence-electron chi connectivity index (χ3n) is 7.33. The lowest BCUT2D eigenvalue weighted by Crippen LogP contribution is -2.70. The first-order chi connectivity index (χ1) is 20.5. The van der Waals surface area contributed by atoms with Gasteiger partial charge < -0.3 is 24.1 Å². The maximum Gasteiger partial charge on any atom is 0.185 e. The van der Waals surface area contributed by atoms with E-state index in [0.29, 0.717) is 0 Å². The average molecular weight is 587 g/mol. The van der Waals surface area contributed by atoms with Crippen LogP contribution >= 0.6 is 11.6 Å². The molecule has 0 aromatic heterocycles. The maximum atomic E-state index is 13.8. The van der Waals surface area contributed by atoms with E-state index in [1.54, 1.807) is 0 Å². The summed E-state index contributed by atoms with van der Waals surface area (Å²) in [4.78, 5) is 13.8. The summed E-state index contributed by atoms with van der Waals surface area (Å²) in [6.45, 7) is 0.512. The molecule has 4 aromatic rings. The number of ketones is 1. The minimum atomic E-state index is -1.89. The fourth-order valence-electron chi connectivity index (χ4n) is 5.08. The van der Waals surface area contributed by atoms with E-state index in [1.165, 1.54) is 0 Å². The van der Waals surface area contributed by atoms with Gasteiger partial charge in [-0.2, -0.15) is 0 Å². The zero-order chi connectivity index (χ0) is 29.2. The quantitative estimate of drug-likeness (QED) is 0.197. The Labute approximate surface area is 251 Å². The van der Waals surface area contributed by atoms with Gasteiger partial charge >= 0.3 is 0 Å². The zero-order valence-corrected chi connectivity index (χ0v) is 24.0. The SMILES string of the molecule is O=C1[C@@H](Cl)[C@](O)(COCc2ccccc2)[C@@H](OCc2ccccc2)[C@H](OCc2ccccc2)[C@H]1OCc1ccccc1. The number of rotatable bonds is 13. The average Bonchev–Trinajstić information content (AvgIpc) is 3.04. The minimum absolute atomic E-state index is 0.167. The lowest BCUT2D eigenvalue weighted by molar-refractivity contribution is -0.238. The number of ether oxygens (including phenoxy) is 4. The Kier molecular flexibility index (Phi) is 10.5. The number of carbonyl (C=O) groups is 1. The van der Waals surface area contributed by atoms with Crippen LogP contribution in [0.5, 0.6) is 0 Å². The van der Waals surface area contributed by atoms with E-state index in [1.807, 2.05) is 121 Å². The second-order valence-electron chi connectivity index (χ2n) is 10.4. The Bertz CT molecular complexity index is 1370. The van der Waals surface area contributed by atoms with Gasteiger partial charge in [-0.15, -0.1) is 11.6 Å². The van der Waals surface area contributed by atoms with Gasteiger partial charge in [0.05, 0.1) is 33.0 Å². The van der Waals surface area contributed by atoms with Crippen LogP contribution in [0.4, 0.5) is 0 Å². The van der Waals surface area contributed by atoms with E-state index >= 15 is 0 Å². The van der Waals surface area contributed by atoms with Gasteiger partial charge in [0.2, 0.25) is 0 Å². The van der Waals surface area contributed by atoms with E-state index in [2.05, 4.69) is 0 Å². The van der Waals surface area contributed by atoms with Crippen molar-refractivity contribution < 1.29 is 28.8 Å². The number of hydrogen-bond acceptors (Lipinski definition) is 6. The number of hydrogen-bond donors (Lipinski definition) is 1. The highest BCUT2D eigenvalue weighted by Crippen LogP contribution is 2.38. The van der Waals surface area contributed by atoms with Crippen molar-refractivity contribution in [2.45, 2.75) is 55.7 Å². The van der Waals surface area contributed by atoms with Gasteiger partial charge in [0, 0.05) is 0 Å². The molecule has 1 fully saturated rings. The number of benzene rings is 4. The second-order valence-corrected chi connectivity index (χ2v) is 10.9. The van der Waals surface area contributed by atoms with Crippen molar-refractivity contribution in [3.63, 3.8) is 0 Å². The molecule has 0 radical (unpaired) electrons. The first kappa shape index (κ1) is 30.1. The molecule has 0 unspecified atom stereocenters. The van der Waals surface area contributed by atoms with Crippen molar-refractivity contribution in [2.24, 2.45) is 0 Å². The molecule has 4 aromatic carbocycles. The second kappa shape index (κ2) is 14.7. The molecular weight excluding hydrogens is 552 g/mol. The van der Waals surface area contributed by atoms with Gasteiger partial charge in [-0.3, -0.25) is 4.79 Å². The monoisotopic (exact) mass is 586 g/mol. The molecule has 1 saturated carbocycles. The van der Waals surface area contributed by atoms with E-state index < -0.39 is 35.1 Å². The topological polar surface area (TPSA) is 74.2 Å². The lowest BCUT2D eigenvalue weighted by atomic mass is 9.77. The van der Waals surface area contributed by atoms with Gasteiger partial charge in [0.25, 0.3) is 0 Å². The Morgan fingerprint density at radius 1 is 0.595 bits per heavy atom. The molecule has 0 heterocycles. The van der Waals surface area contributed by atoms with E-state index in [0.717, 1.165) is 22.3 Å². The van der Waals surface area contributed by atoms with Crippen molar-refractivity contribution in [3.8, 4) is 0 Å². The van der Waals surface area contributed by atoms with Gasteiger partial charge in [-0.05, 0) is 22.3 Å². The summed E-state index contributed by atoms with van der Waals surface area (Å²) in [7, 11) is 0. The van der Waals surface area contributed by atoms with Crippen LogP contribution in [-0.2, 0) is 50.2 Å². The fraction of sp³-hybridized carbons (Fsp3) is 0.286. The summed E-state index contributed by atoms with van der Waals surface area (Å²) in [5.74, 6) is -0.476. The standard InChI is InChI=1S/C35H35ClO6/c36-33-30(37)31(40-22-27-15-7-2-8-16-27)32(41-23-28-17-9-3-10-18-28)34(42-24-29-19-11-4-12-20-29)35(33,38)25-39-21-26-13-5-1-6-14-26/h1-20,31-34,38H,21-25H2/t31-,32+,33+,34-,35+/m0/s1. The molecule has 0 bridgehead atoms. The van der Waals surface area contributed by atoms with Crippen molar-refractivity contribution in [1.82, 2.24) is 0 Å². The molecule has 0 amide bonds. The number of alkyl halides is 1. The van der Waals surface area contributed by atoms with Crippen molar-refractivity contribution >= 4 is 17.4 Å². The van der Waals surface area contributed by atoms with E-state index in [9.17, 15) is 9.90 Å². The summed E-state index contributed by atoms with van der Waals surface area (Å²) < 4.78 is 25.0. The Morgan fingerprint density at radius 2 is 1.00 bits per heavy atom. The molecule has 0 spiro atoms. The van der Waals surface area contributed by atoms with Crippen molar-refractivity contribution in [1.29, 1.82) is 0 Å². The Balaban J connectivity index is 1.44. The molecule has 0 aliphatic heterocycles. The van der Waals surface area contributed by atoms with Gasteiger partial charge in [-0.25, -0.2) is 0 Å². The third kappa shape index (κ3) is 7.53. The van der Waals surface area contributed by atoms with Crippen molar-refractivity contribution in [3.05, 3.63) is 144 Å². The van der Waals surface area contributed by atoms with Crippen LogP contribution in [0, 0.1) is 0 Å². The molecule has 218 valence electrons. The number of carbonyl (C=O) groups excluding carboxylic acids is 1. The highest BCUT2D eigenvalue weighted by molar-refractivity contribution is 6.33. The molecule has 42 heavy (non-hydrogen) atoms. The summed E-state index contributed by atoms with van der Waals surface area (Å²) in [6.07, 6.45) is -3.09. The normalized spacial score (nSPS) is 24.0. The zero-order valence-electron chi connectivity index (χ0n) is 23.3. The first-order valence-electron chi connectivity index (χ1n) is 14.0. The molecule has 0 saturated heterocycles. The van der Waals surface area contributed by atoms with Crippen LogP contribution in [0.1, 0.15) is 22.3 Å². The Morgan fingerprint density at radius 3 is 1.48 bits per heavy atom. The number of Topliss-reactive ketones (excluding diaryl/α,β-unsaturated/α-hetero) is 1. The van der Waals surface area contributed by atoms with Crippen LogP contribution in [0.15, 0.2) is 121 Å². The van der Waals surface area contributed by atoms with E-state index in [4.69, 9.17) is 30.5 Å². The maximum absolute atomic E-state index is 13.8. The smallest absolute Gasteiger partial charge is 0.185 e. The summed E-state index contributed by atoms with van der Waals surface area (Å²) in [6, 6.07) is 38.4. The molecule has 5 rings (SSSR count). The molecule has 5 atom stereocenters. The fourth-order valence-corrected chi connectivity index (χ4v) is 5.39. The predicted molar refractivity (Wildman–Crippen MR) is 161 cm³/mol. The summed E-state index contributed by atoms with van der Waals surface area (Å²) >= 11 is 6.80. The largest absolute Gasteiger partial charge is 0.383 e. The first-order valence-corrected chi connectivity index (χ1v) is 14.5. The van der Waals surface area contributed by atoms with Crippen LogP contribution in [0.3, 0.4) is 0 Å². The number of aliphatic hydroxyl groups is 1. The van der Waals surface area contributed by atoms with Crippen LogP contribution < -0.4 is 0 Å². The summed E-state index contributed by atoms with van der Waals surface area (Å²) in [5.41, 5.74) is 1.74. The van der Waals surface area contributed by atoms with Crippen LogP contribution in [-0.4, -0.2) is 46.8 Å². The Hall–Kier alpha value is -3.36. The van der Waals surface area contributed by atoms with Gasteiger partial charge in [0.1, 0.15) is 29.3 Å². The molecule has 6 nitrogen and oxygen atoms in total. The predicted octanol–water partition coefficient (Wildman–Crippen LogP) is 5.88. The molecule has 1 aliphatic carbocycles. The van der Waals surface area contributed by atoms with Crippen LogP contribution in [0.2, 0.25) is 0 Å². The molecule has 7 heteroatoms. The third-order valence-corrected chi connectivity index (χ3v) is 7.93. The molecule has 1 aliphatic rings. The molecular formula is C35H35ClO6. The summed E-state index contributed by atoms with van der Waals surface area (Å²) in [5, 5.41) is 10.8. The molecule has 1 N–H and O–H groups in total. The van der Waals surface area contributed by atoms with Crippen molar-refractivity contribution in [2.75, 3.05) is 6.61 Å². The highest BCUT2D eigenvalue weighted by Gasteiger charge is 2.60. The highest BCUT2D eigenvalue weighted by atomic mass is 35.5. The van der Waals surface area contributed by atoms with Gasteiger partial charge in [0.15, 0.2) is 5.78 Å². The van der Waals surface area contributed by atoms with E-state index in [-0.39, 0.29) is 33.0 Å². The van der Waals surface area contributed by atoms with Crippen LogP contribution in [0.25, 0.3) is 0 Å².